The number of carbonyl (C=O) groups is 1. The largest absolute Gasteiger partial charge is 0.492 e. The van der Waals surface area contributed by atoms with E-state index in [2.05, 4.69) is 15.9 Å². The van der Waals surface area contributed by atoms with E-state index in [1.807, 2.05) is 30.3 Å². The van der Waals surface area contributed by atoms with Crippen LogP contribution in [0.3, 0.4) is 0 Å². The van der Waals surface area contributed by atoms with E-state index in [0.717, 1.165) is 10.2 Å². The second kappa shape index (κ2) is 7.13. The van der Waals surface area contributed by atoms with Crippen LogP contribution >= 0.6 is 15.9 Å². The fourth-order valence-electron chi connectivity index (χ4n) is 1.83. The van der Waals surface area contributed by atoms with Crippen molar-refractivity contribution < 1.29 is 9.53 Å². The third-order valence-corrected chi connectivity index (χ3v) is 3.70. The van der Waals surface area contributed by atoms with Crippen molar-refractivity contribution in [3.8, 4) is 5.75 Å². The molecule has 0 aliphatic heterocycles. The monoisotopic (exact) mass is 348 g/mol. The molecule has 0 spiro atoms. The zero-order valence-corrected chi connectivity index (χ0v) is 13.3. The molecule has 2 rings (SSSR count). The van der Waals surface area contributed by atoms with Crippen molar-refractivity contribution in [2.75, 3.05) is 25.9 Å². The second-order valence-electron chi connectivity index (χ2n) is 4.63. The lowest BCUT2D eigenvalue weighted by Gasteiger charge is -2.18. The lowest BCUT2D eigenvalue weighted by atomic mass is 10.2. The Labute approximate surface area is 132 Å². The van der Waals surface area contributed by atoms with Gasteiger partial charge in [-0.3, -0.25) is 4.79 Å². The summed E-state index contributed by atoms with van der Waals surface area (Å²) in [5, 5.41) is 0. The van der Waals surface area contributed by atoms with E-state index in [4.69, 9.17) is 10.5 Å². The number of ether oxygens (including phenoxy) is 1. The number of rotatable bonds is 5. The molecule has 0 heterocycles. The first-order chi connectivity index (χ1) is 10.1. The Morgan fingerprint density at radius 1 is 1.24 bits per heavy atom. The molecule has 21 heavy (non-hydrogen) atoms. The minimum Gasteiger partial charge on any atom is -0.492 e. The third-order valence-electron chi connectivity index (χ3n) is 3.01. The smallest absolute Gasteiger partial charge is 0.254 e. The van der Waals surface area contributed by atoms with Gasteiger partial charge in [0.15, 0.2) is 0 Å². The number of nitrogens with zero attached hydrogens (tertiary/aromatic N) is 1. The molecular formula is C16H17BrN2O2. The summed E-state index contributed by atoms with van der Waals surface area (Å²) in [5.41, 5.74) is 6.84. The molecule has 0 aromatic heterocycles. The van der Waals surface area contributed by atoms with Gasteiger partial charge in [0.2, 0.25) is 0 Å². The van der Waals surface area contributed by atoms with Gasteiger partial charge < -0.3 is 15.4 Å². The van der Waals surface area contributed by atoms with E-state index in [0.29, 0.717) is 24.4 Å². The quantitative estimate of drug-likeness (QED) is 0.844. The number of hydrogen-bond acceptors (Lipinski definition) is 3. The number of amides is 1. The number of carbonyl (C=O) groups excluding carboxylic acids is 1. The van der Waals surface area contributed by atoms with Crippen LogP contribution in [0.15, 0.2) is 53.0 Å². The molecule has 0 unspecified atom stereocenters. The van der Waals surface area contributed by atoms with Gasteiger partial charge in [0.25, 0.3) is 5.91 Å². The van der Waals surface area contributed by atoms with Crippen molar-refractivity contribution in [3.63, 3.8) is 0 Å². The maximum Gasteiger partial charge on any atom is 0.254 e. The Balaban J connectivity index is 1.92. The highest BCUT2D eigenvalue weighted by atomic mass is 79.9. The average molecular weight is 349 g/mol. The van der Waals surface area contributed by atoms with E-state index in [1.54, 1.807) is 30.1 Å². The molecule has 0 saturated heterocycles. The van der Waals surface area contributed by atoms with Gasteiger partial charge in [-0.25, -0.2) is 0 Å². The highest BCUT2D eigenvalue weighted by Gasteiger charge is 2.15. The molecule has 0 fully saturated rings. The SMILES string of the molecule is CN(CCOc1ccccc1)C(=O)c1cc(N)ccc1Br. The second-order valence-corrected chi connectivity index (χ2v) is 5.48. The molecule has 2 N–H and O–H groups in total. The van der Waals surface area contributed by atoms with Gasteiger partial charge in [-0.05, 0) is 46.3 Å². The van der Waals surface area contributed by atoms with Crippen LogP contribution in [0.4, 0.5) is 5.69 Å². The van der Waals surface area contributed by atoms with Crippen LogP contribution in [0.25, 0.3) is 0 Å². The number of benzene rings is 2. The Morgan fingerprint density at radius 3 is 2.67 bits per heavy atom. The van der Waals surface area contributed by atoms with Crippen LogP contribution in [0.5, 0.6) is 5.75 Å². The van der Waals surface area contributed by atoms with Crippen LogP contribution in [-0.2, 0) is 0 Å². The first-order valence-corrected chi connectivity index (χ1v) is 7.35. The number of para-hydroxylation sites is 1. The van der Waals surface area contributed by atoms with Gasteiger partial charge in [-0.15, -0.1) is 0 Å². The number of hydrogen-bond donors (Lipinski definition) is 1. The van der Waals surface area contributed by atoms with Gasteiger partial charge in [0, 0.05) is 17.2 Å². The fourth-order valence-corrected chi connectivity index (χ4v) is 2.25. The summed E-state index contributed by atoms with van der Waals surface area (Å²) in [5.74, 6) is 0.703. The fraction of sp³-hybridized carbons (Fsp3) is 0.188. The summed E-state index contributed by atoms with van der Waals surface area (Å²) < 4.78 is 6.32. The third kappa shape index (κ3) is 4.23. The minimum absolute atomic E-state index is 0.0918. The van der Waals surface area contributed by atoms with Gasteiger partial charge >= 0.3 is 0 Å². The predicted molar refractivity (Wildman–Crippen MR) is 87.5 cm³/mol. The van der Waals surface area contributed by atoms with Crippen molar-refractivity contribution in [1.29, 1.82) is 0 Å². The molecule has 0 aliphatic rings. The minimum atomic E-state index is -0.0918. The van der Waals surface area contributed by atoms with Gasteiger partial charge in [0.05, 0.1) is 12.1 Å². The van der Waals surface area contributed by atoms with Crippen molar-refractivity contribution >= 4 is 27.5 Å². The number of anilines is 1. The van der Waals surface area contributed by atoms with E-state index in [-0.39, 0.29) is 5.91 Å². The Morgan fingerprint density at radius 2 is 1.95 bits per heavy atom. The van der Waals surface area contributed by atoms with Gasteiger partial charge in [-0.2, -0.15) is 0 Å². The molecule has 5 heteroatoms. The van der Waals surface area contributed by atoms with E-state index in [1.165, 1.54) is 0 Å². The summed E-state index contributed by atoms with van der Waals surface area (Å²) >= 11 is 3.37. The summed E-state index contributed by atoms with van der Waals surface area (Å²) in [7, 11) is 1.74. The van der Waals surface area contributed by atoms with Crippen LogP contribution in [-0.4, -0.2) is 31.0 Å². The molecule has 110 valence electrons. The molecule has 1 amide bonds. The molecule has 0 atom stereocenters. The first kappa shape index (κ1) is 15.4. The highest BCUT2D eigenvalue weighted by Crippen LogP contribution is 2.20. The van der Waals surface area contributed by atoms with E-state index in [9.17, 15) is 4.79 Å². The average Bonchev–Trinajstić information content (AvgIpc) is 2.50. The summed E-state index contributed by atoms with van der Waals surface area (Å²) in [4.78, 5) is 14.0. The van der Waals surface area contributed by atoms with Crippen molar-refractivity contribution in [2.24, 2.45) is 0 Å². The maximum absolute atomic E-state index is 12.3. The molecule has 2 aromatic rings. The lowest BCUT2D eigenvalue weighted by Crippen LogP contribution is -2.31. The number of halogens is 1. The first-order valence-electron chi connectivity index (χ1n) is 6.56. The maximum atomic E-state index is 12.3. The summed E-state index contributed by atoms with van der Waals surface area (Å²) in [6.07, 6.45) is 0. The standard InChI is InChI=1S/C16H17BrN2O2/c1-19(9-10-21-13-5-3-2-4-6-13)16(20)14-11-12(18)7-8-15(14)17/h2-8,11H,9-10,18H2,1H3. The number of nitrogens with two attached hydrogens (primary N) is 1. The number of nitrogen functional groups attached to an aromatic ring is 1. The van der Waals surface area contributed by atoms with E-state index < -0.39 is 0 Å². The molecular weight excluding hydrogens is 332 g/mol. The van der Waals surface area contributed by atoms with Crippen LogP contribution in [0, 0.1) is 0 Å². The highest BCUT2D eigenvalue weighted by molar-refractivity contribution is 9.10. The Hall–Kier alpha value is -2.01. The van der Waals surface area contributed by atoms with Gasteiger partial charge in [-0.1, -0.05) is 18.2 Å². The van der Waals surface area contributed by atoms with Crippen molar-refractivity contribution in [3.05, 3.63) is 58.6 Å². The zero-order valence-electron chi connectivity index (χ0n) is 11.8. The lowest BCUT2D eigenvalue weighted by molar-refractivity contribution is 0.0773. The van der Waals surface area contributed by atoms with Crippen molar-refractivity contribution in [1.82, 2.24) is 4.90 Å². The molecule has 0 aliphatic carbocycles. The molecule has 0 radical (unpaired) electrons. The summed E-state index contributed by atoms with van der Waals surface area (Å²) in [6.45, 7) is 0.932. The van der Waals surface area contributed by atoms with Crippen LogP contribution < -0.4 is 10.5 Å². The zero-order chi connectivity index (χ0) is 15.2. The topological polar surface area (TPSA) is 55.6 Å². The van der Waals surface area contributed by atoms with Crippen LogP contribution in [0.2, 0.25) is 0 Å². The van der Waals surface area contributed by atoms with E-state index >= 15 is 0 Å². The Bertz CT molecular complexity index is 617. The Kier molecular flexibility index (Phi) is 5.22. The summed E-state index contributed by atoms with van der Waals surface area (Å²) in [6, 6.07) is 14.7. The normalized spacial score (nSPS) is 10.2. The van der Waals surface area contributed by atoms with Crippen molar-refractivity contribution in [2.45, 2.75) is 0 Å². The molecule has 4 nitrogen and oxygen atoms in total. The van der Waals surface area contributed by atoms with Crippen LogP contribution in [0.1, 0.15) is 10.4 Å². The van der Waals surface area contributed by atoms with Gasteiger partial charge in [0.1, 0.15) is 12.4 Å². The predicted octanol–water partition coefficient (Wildman–Crippen LogP) is 3.18. The molecule has 0 saturated carbocycles. The number of likely N-dealkylation sites (N-methyl/N-ethyl adjacent to an activating group) is 1. The molecule has 2 aromatic carbocycles. The molecule has 0 bridgehead atoms.